The Morgan fingerprint density at radius 2 is 1.85 bits per heavy atom. The Kier molecular flexibility index (Phi) is 3.53. The number of alkyl halides is 3. The van der Waals surface area contributed by atoms with Gasteiger partial charge in [-0.2, -0.15) is 13.2 Å². The first-order chi connectivity index (χ1) is 6.05. The molecule has 1 aliphatic rings. The molecule has 5 heteroatoms. The van der Waals surface area contributed by atoms with E-state index in [2.05, 4.69) is 17.5 Å². The van der Waals surface area contributed by atoms with E-state index in [0.29, 0.717) is 12.8 Å². The highest BCUT2D eigenvalue weighted by Crippen LogP contribution is 2.37. The summed E-state index contributed by atoms with van der Waals surface area (Å²) in [4.78, 5) is 0. The van der Waals surface area contributed by atoms with E-state index in [0.717, 1.165) is 6.42 Å². The summed E-state index contributed by atoms with van der Waals surface area (Å²) in [6, 6.07) is -0.508. The molecule has 76 valence electrons. The fourth-order valence-corrected chi connectivity index (χ4v) is 1.98. The molecule has 2 unspecified atom stereocenters. The molecule has 0 bridgehead atoms. The third-order valence-electron chi connectivity index (χ3n) is 2.47. The number of hydrogen-bond donors (Lipinski definition) is 1. The largest absolute Gasteiger partial charge is 0.393 e. The molecular weight excluding hydrogens is 199 g/mol. The monoisotopic (exact) mass is 211 g/mol. The molecule has 2 atom stereocenters. The van der Waals surface area contributed by atoms with Gasteiger partial charge in [0.2, 0.25) is 0 Å². The SMILES string of the molecule is FC(F)(F)C1CCCCC1NC=S. The van der Waals surface area contributed by atoms with Gasteiger partial charge < -0.3 is 5.32 Å². The van der Waals surface area contributed by atoms with Gasteiger partial charge in [0.1, 0.15) is 0 Å². The Bertz CT molecular complexity index is 181. The summed E-state index contributed by atoms with van der Waals surface area (Å²) in [7, 11) is 0. The summed E-state index contributed by atoms with van der Waals surface area (Å²) in [6.07, 6.45) is -1.77. The molecular formula is C8H12F3NS. The average Bonchev–Trinajstić information content (AvgIpc) is 2.04. The van der Waals surface area contributed by atoms with Crippen molar-refractivity contribution in [1.82, 2.24) is 5.32 Å². The zero-order chi connectivity index (χ0) is 9.90. The summed E-state index contributed by atoms with van der Waals surface area (Å²) in [6.45, 7) is 0. The molecule has 1 fully saturated rings. The Morgan fingerprint density at radius 1 is 1.23 bits per heavy atom. The van der Waals surface area contributed by atoms with E-state index < -0.39 is 18.1 Å². The van der Waals surface area contributed by atoms with Crippen LogP contribution in [0.4, 0.5) is 13.2 Å². The van der Waals surface area contributed by atoms with Crippen molar-refractivity contribution in [2.45, 2.75) is 37.9 Å². The first kappa shape index (κ1) is 10.8. The number of rotatable bonds is 2. The summed E-state index contributed by atoms with van der Waals surface area (Å²) in [5, 5.41) is 2.61. The third kappa shape index (κ3) is 2.83. The molecule has 1 nitrogen and oxygen atoms in total. The highest BCUT2D eigenvalue weighted by molar-refractivity contribution is 7.78. The van der Waals surface area contributed by atoms with Crippen molar-refractivity contribution in [1.29, 1.82) is 0 Å². The normalized spacial score (nSPS) is 29.8. The van der Waals surface area contributed by atoms with Crippen molar-refractivity contribution in [3.05, 3.63) is 0 Å². The Hall–Kier alpha value is -0.320. The summed E-state index contributed by atoms with van der Waals surface area (Å²) >= 11 is 4.51. The van der Waals surface area contributed by atoms with Crippen LogP contribution in [0.25, 0.3) is 0 Å². The summed E-state index contributed by atoms with van der Waals surface area (Å²) in [5.74, 6) is -1.22. The molecule has 0 aromatic heterocycles. The van der Waals surface area contributed by atoms with Crippen molar-refractivity contribution in [2.24, 2.45) is 5.92 Å². The Morgan fingerprint density at radius 3 is 2.38 bits per heavy atom. The molecule has 1 aliphatic carbocycles. The lowest BCUT2D eigenvalue weighted by atomic mass is 9.84. The van der Waals surface area contributed by atoms with Gasteiger partial charge in [-0.25, -0.2) is 0 Å². The number of hydrogen-bond acceptors (Lipinski definition) is 1. The molecule has 1 rings (SSSR count). The molecule has 0 radical (unpaired) electrons. The van der Waals surface area contributed by atoms with Crippen LogP contribution in [0.2, 0.25) is 0 Å². The van der Waals surface area contributed by atoms with Crippen molar-refractivity contribution >= 4 is 17.7 Å². The van der Waals surface area contributed by atoms with Crippen LogP contribution in [0.15, 0.2) is 0 Å². The van der Waals surface area contributed by atoms with E-state index in [1.165, 1.54) is 5.49 Å². The van der Waals surface area contributed by atoms with Crippen LogP contribution >= 0.6 is 12.2 Å². The van der Waals surface area contributed by atoms with Crippen LogP contribution in [0.1, 0.15) is 25.7 Å². The van der Waals surface area contributed by atoms with Gasteiger partial charge in [-0.3, -0.25) is 0 Å². The lowest BCUT2D eigenvalue weighted by Crippen LogP contribution is -2.44. The topological polar surface area (TPSA) is 12.0 Å². The van der Waals surface area contributed by atoms with Crippen LogP contribution in [-0.4, -0.2) is 17.7 Å². The van der Waals surface area contributed by atoms with Gasteiger partial charge in [-0.05, 0) is 12.8 Å². The zero-order valence-corrected chi connectivity index (χ0v) is 7.92. The molecule has 0 heterocycles. The minimum Gasteiger partial charge on any atom is -0.379 e. The molecule has 0 aromatic rings. The first-order valence-electron chi connectivity index (χ1n) is 4.32. The first-order valence-corrected chi connectivity index (χ1v) is 4.79. The molecule has 0 aliphatic heterocycles. The van der Waals surface area contributed by atoms with Gasteiger partial charge in [-0.1, -0.05) is 25.1 Å². The minimum absolute atomic E-state index is 0.227. The van der Waals surface area contributed by atoms with E-state index in [-0.39, 0.29) is 6.42 Å². The zero-order valence-electron chi connectivity index (χ0n) is 7.10. The van der Waals surface area contributed by atoms with Gasteiger partial charge in [-0.15, -0.1) is 0 Å². The van der Waals surface area contributed by atoms with E-state index in [1.54, 1.807) is 0 Å². The Labute approximate surface area is 80.7 Å². The van der Waals surface area contributed by atoms with Crippen LogP contribution < -0.4 is 5.32 Å². The molecule has 0 spiro atoms. The lowest BCUT2D eigenvalue weighted by Gasteiger charge is -2.32. The fraction of sp³-hybridized carbons (Fsp3) is 0.875. The Balaban J connectivity index is 2.61. The highest BCUT2D eigenvalue weighted by Gasteiger charge is 2.45. The smallest absolute Gasteiger partial charge is 0.379 e. The summed E-state index contributed by atoms with van der Waals surface area (Å²) in [5.41, 5.74) is 1.19. The van der Waals surface area contributed by atoms with Crippen LogP contribution in [0, 0.1) is 5.92 Å². The van der Waals surface area contributed by atoms with Crippen LogP contribution in [-0.2, 0) is 0 Å². The number of nitrogens with one attached hydrogen (secondary N) is 1. The lowest BCUT2D eigenvalue weighted by molar-refractivity contribution is -0.187. The minimum atomic E-state index is -4.09. The predicted molar refractivity (Wildman–Crippen MR) is 48.6 cm³/mol. The summed E-state index contributed by atoms with van der Waals surface area (Å²) < 4.78 is 37.3. The highest BCUT2D eigenvalue weighted by atomic mass is 32.1. The van der Waals surface area contributed by atoms with Crippen LogP contribution in [0.5, 0.6) is 0 Å². The van der Waals surface area contributed by atoms with Crippen molar-refractivity contribution in [2.75, 3.05) is 0 Å². The standard InChI is InChI=1S/C8H12F3NS/c9-8(10,11)6-3-1-2-4-7(6)12-5-13/h5-7H,1-4H2,(H,12,13). The van der Waals surface area contributed by atoms with Gasteiger partial charge in [0.25, 0.3) is 0 Å². The fourth-order valence-electron chi connectivity index (χ4n) is 1.81. The second-order valence-corrected chi connectivity index (χ2v) is 3.56. The maximum absolute atomic E-state index is 12.4. The second-order valence-electron chi connectivity index (χ2n) is 3.32. The average molecular weight is 211 g/mol. The third-order valence-corrected chi connectivity index (χ3v) is 2.60. The van der Waals surface area contributed by atoms with E-state index in [4.69, 9.17) is 0 Å². The predicted octanol–water partition coefficient (Wildman–Crippen LogP) is 2.65. The van der Waals surface area contributed by atoms with E-state index in [1.807, 2.05) is 0 Å². The molecule has 13 heavy (non-hydrogen) atoms. The maximum atomic E-state index is 12.4. The van der Waals surface area contributed by atoms with Gasteiger partial charge in [0.15, 0.2) is 0 Å². The molecule has 0 aromatic carbocycles. The quantitative estimate of drug-likeness (QED) is 0.705. The van der Waals surface area contributed by atoms with E-state index in [9.17, 15) is 13.2 Å². The second kappa shape index (κ2) is 4.26. The van der Waals surface area contributed by atoms with E-state index >= 15 is 0 Å². The number of halogens is 3. The van der Waals surface area contributed by atoms with Gasteiger partial charge in [0, 0.05) is 6.04 Å². The number of thiocarbonyl (C=S) groups is 1. The van der Waals surface area contributed by atoms with Crippen molar-refractivity contribution in [3.63, 3.8) is 0 Å². The van der Waals surface area contributed by atoms with Crippen LogP contribution in [0.3, 0.4) is 0 Å². The molecule has 1 saturated carbocycles. The van der Waals surface area contributed by atoms with Gasteiger partial charge in [0.05, 0.1) is 11.4 Å². The van der Waals surface area contributed by atoms with Crippen molar-refractivity contribution in [3.8, 4) is 0 Å². The van der Waals surface area contributed by atoms with Gasteiger partial charge >= 0.3 is 6.18 Å². The molecule has 0 saturated heterocycles. The molecule has 0 amide bonds. The molecule has 1 N–H and O–H groups in total. The van der Waals surface area contributed by atoms with Crippen molar-refractivity contribution < 1.29 is 13.2 Å². The maximum Gasteiger partial charge on any atom is 0.393 e.